The van der Waals surface area contributed by atoms with E-state index in [1.54, 1.807) is 6.07 Å². The van der Waals surface area contributed by atoms with E-state index in [1.165, 1.54) is 18.6 Å². The molecule has 0 unspecified atom stereocenters. The summed E-state index contributed by atoms with van der Waals surface area (Å²) in [4.78, 5) is 23.6. The first-order chi connectivity index (χ1) is 10.1. The van der Waals surface area contributed by atoms with Gasteiger partial charge >= 0.3 is 5.97 Å². The number of rotatable bonds is 4. The van der Waals surface area contributed by atoms with Gasteiger partial charge in [0, 0.05) is 11.7 Å². The maximum absolute atomic E-state index is 11.9. The molecule has 3 N–H and O–H groups in total. The molecule has 1 saturated carbocycles. The molecule has 5 nitrogen and oxygen atoms in total. The Morgan fingerprint density at radius 1 is 1.29 bits per heavy atom. The van der Waals surface area contributed by atoms with Crippen molar-refractivity contribution >= 4 is 29.2 Å². The molecule has 0 bridgehead atoms. The molecule has 0 atom stereocenters. The summed E-state index contributed by atoms with van der Waals surface area (Å²) in [6.45, 7) is -0.305. The number of halogens is 1. The van der Waals surface area contributed by atoms with Crippen molar-refractivity contribution in [1.29, 1.82) is 0 Å². The van der Waals surface area contributed by atoms with Crippen molar-refractivity contribution in [3.05, 3.63) is 28.8 Å². The SMILES string of the molecule is Nc1ccc(Cl)c(C(=O)OCC(=O)NC2CCCCC2)c1. The number of carbonyl (C=O) groups excluding carboxylic acids is 2. The van der Waals surface area contributed by atoms with Crippen LogP contribution in [0.2, 0.25) is 5.02 Å². The Morgan fingerprint density at radius 3 is 2.71 bits per heavy atom. The fraction of sp³-hybridized carbons (Fsp3) is 0.467. The second-order valence-electron chi connectivity index (χ2n) is 5.22. The third kappa shape index (κ3) is 4.63. The van der Waals surface area contributed by atoms with Crippen LogP contribution in [0.4, 0.5) is 5.69 Å². The van der Waals surface area contributed by atoms with Crippen molar-refractivity contribution in [2.75, 3.05) is 12.3 Å². The number of benzene rings is 1. The first kappa shape index (κ1) is 15.6. The smallest absolute Gasteiger partial charge is 0.340 e. The summed E-state index contributed by atoms with van der Waals surface area (Å²) in [6.07, 6.45) is 5.45. The van der Waals surface area contributed by atoms with E-state index in [1.807, 2.05) is 0 Å². The van der Waals surface area contributed by atoms with Crippen LogP contribution in [0.5, 0.6) is 0 Å². The van der Waals surface area contributed by atoms with E-state index in [2.05, 4.69) is 5.32 Å². The van der Waals surface area contributed by atoms with E-state index in [0.717, 1.165) is 25.7 Å². The summed E-state index contributed by atoms with van der Waals surface area (Å²) in [5, 5.41) is 3.13. The van der Waals surface area contributed by atoms with Gasteiger partial charge in [0.2, 0.25) is 0 Å². The van der Waals surface area contributed by atoms with E-state index < -0.39 is 5.97 Å². The van der Waals surface area contributed by atoms with Gasteiger partial charge in [0.15, 0.2) is 6.61 Å². The van der Waals surface area contributed by atoms with Gasteiger partial charge < -0.3 is 15.8 Å². The van der Waals surface area contributed by atoms with Crippen LogP contribution in [0.3, 0.4) is 0 Å². The van der Waals surface area contributed by atoms with Crippen LogP contribution in [0.1, 0.15) is 42.5 Å². The number of anilines is 1. The zero-order chi connectivity index (χ0) is 15.2. The van der Waals surface area contributed by atoms with Gasteiger partial charge in [-0.05, 0) is 31.0 Å². The van der Waals surface area contributed by atoms with Crippen LogP contribution in [0.15, 0.2) is 18.2 Å². The van der Waals surface area contributed by atoms with Crippen LogP contribution in [-0.2, 0) is 9.53 Å². The minimum absolute atomic E-state index is 0.169. The first-order valence-corrected chi connectivity index (χ1v) is 7.45. The summed E-state index contributed by atoms with van der Waals surface area (Å²) >= 11 is 5.91. The zero-order valence-electron chi connectivity index (χ0n) is 11.7. The number of nitrogens with one attached hydrogen (secondary N) is 1. The van der Waals surface area contributed by atoms with Crippen molar-refractivity contribution in [2.45, 2.75) is 38.1 Å². The lowest BCUT2D eigenvalue weighted by Crippen LogP contribution is -2.38. The number of carbonyl (C=O) groups is 2. The number of nitrogens with two attached hydrogens (primary N) is 1. The molecule has 1 aliphatic rings. The average Bonchev–Trinajstić information content (AvgIpc) is 2.48. The molecule has 6 heteroatoms. The Hall–Kier alpha value is -1.75. The Bertz CT molecular complexity index is 528. The van der Waals surface area contributed by atoms with Gasteiger partial charge in [-0.2, -0.15) is 0 Å². The summed E-state index contributed by atoms with van der Waals surface area (Å²) < 4.78 is 4.98. The predicted octanol–water partition coefficient (Wildman–Crippen LogP) is 2.53. The fourth-order valence-electron chi connectivity index (χ4n) is 2.42. The van der Waals surface area contributed by atoms with E-state index >= 15 is 0 Å². The van der Waals surface area contributed by atoms with E-state index in [9.17, 15) is 9.59 Å². The maximum Gasteiger partial charge on any atom is 0.340 e. The van der Waals surface area contributed by atoms with Crippen LogP contribution in [-0.4, -0.2) is 24.5 Å². The van der Waals surface area contributed by atoms with E-state index in [0.29, 0.717) is 5.69 Å². The quantitative estimate of drug-likeness (QED) is 0.661. The monoisotopic (exact) mass is 310 g/mol. The highest BCUT2D eigenvalue weighted by molar-refractivity contribution is 6.33. The lowest BCUT2D eigenvalue weighted by molar-refractivity contribution is -0.125. The highest BCUT2D eigenvalue weighted by Gasteiger charge is 2.18. The normalized spacial score (nSPS) is 15.5. The number of nitrogen functional groups attached to an aromatic ring is 1. The Balaban J connectivity index is 1.82. The number of ether oxygens (including phenoxy) is 1. The Morgan fingerprint density at radius 2 is 2.00 bits per heavy atom. The van der Waals surface area contributed by atoms with Crippen LogP contribution < -0.4 is 11.1 Å². The fourth-order valence-corrected chi connectivity index (χ4v) is 2.62. The highest BCUT2D eigenvalue weighted by Crippen LogP contribution is 2.20. The van der Waals surface area contributed by atoms with Crippen LogP contribution >= 0.6 is 11.6 Å². The second kappa shape index (κ2) is 7.31. The highest BCUT2D eigenvalue weighted by atomic mass is 35.5. The van der Waals surface area contributed by atoms with Gasteiger partial charge in [-0.1, -0.05) is 30.9 Å². The maximum atomic E-state index is 11.9. The van der Waals surface area contributed by atoms with Gasteiger partial charge in [0.25, 0.3) is 5.91 Å². The summed E-state index contributed by atoms with van der Waals surface area (Å²) in [5.74, 6) is -0.929. The topological polar surface area (TPSA) is 81.4 Å². The third-order valence-corrected chi connectivity index (χ3v) is 3.84. The lowest BCUT2D eigenvalue weighted by Gasteiger charge is -2.22. The predicted molar refractivity (Wildman–Crippen MR) is 81.2 cm³/mol. The van der Waals surface area contributed by atoms with Crippen LogP contribution in [0, 0.1) is 0 Å². The van der Waals surface area contributed by atoms with Gasteiger partial charge in [-0.25, -0.2) is 4.79 Å². The largest absolute Gasteiger partial charge is 0.452 e. The zero-order valence-corrected chi connectivity index (χ0v) is 12.5. The minimum Gasteiger partial charge on any atom is -0.452 e. The number of hydrogen-bond donors (Lipinski definition) is 2. The molecular formula is C15H19ClN2O3. The molecule has 1 aliphatic carbocycles. The molecule has 0 radical (unpaired) electrons. The van der Waals surface area contributed by atoms with Crippen molar-refractivity contribution in [3.63, 3.8) is 0 Å². The van der Waals surface area contributed by atoms with E-state index in [4.69, 9.17) is 22.1 Å². The summed E-state index contributed by atoms with van der Waals surface area (Å²) in [5.41, 5.74) is 6.18. The molecule has 0 heterocycles. The summed E-state index contributed by atoms with van der Waals surface area (Å²) in [7, 11) is 0. The van der Waals surface area contributed by atoms with Crippen molar-refractivity contribution in [2.24, 2.45) is 0 Å². The molecule has 0 saturated heterocycles. The van der Waals surface area contributed by atoms with Gasteiger partial charge in [0.1, 0.15) is 0 Å². The Kier molecular flexibility index (Phi) is 5.44. The van der Waals surface area contributed by atoms with E-state index in [-0.39, 0.29) is 29.1 Å². The Labute approximate surface area is 128 Å². The molecule has 21 heavy (non-hydrogen) atoms. The third-order valence-electron chi connectivity index (χ3n) is 3.51. The van der Waals surface area contributed by atoms with Gasteiger partial charge in [-0.3, -0.25) is 4.79 Å². The number of amides is 1. The van der Waals surface area contributed by atoms with Crippen molar-refractivity contribution in [1.82, 2.24) is 5.32 Å². The second-order valence-corrected chi connectivity index (χ2v) is 5.63. The molecule has 2 rings (SSSR count). The molecule has 0 aromatic heterocycles. The molecule has 1 aromatic rings. The lowest BCUT2D eigenvalue weighted by atomic mass is 9.95. The van der Waals surface area contributed by atoms with Crippen molar-refractivity contribution < 1.29 is 14.3 Å². The number of hydrogen-bond acceptors (Lipinski definition) is 4. The van der Waals surface area contributed by atoms with Gasteiger partial charge in [0.05, 0.1) is 10.6 Å². The molecule has 1 fully saturated rings. The summed E-state index contributed by atoms with van der Waals surface area (Å²) in [6, 6.07) is 4.75. The number of esters is 1. The molecule has 1 amide bonds. The molecule has 0 spiro atoms. The minimum atomic E-state index is -0.647. The molecule has 1 aromatic carbocycles. The molecule has 0 aliphatic heterocycles. The van der Waals surface area contributed by atoms with Crippen molar-refractivity contribution in [3.8, 4) is 0 Å². The standard InChI is InChI=1S/C15H19ClN2O3/c16-13-7-6-10(17)8-12(13)15(20)21-9-14(19)18-11-4-2-1-3-5-11/h6-8,11H,1-5,9,17H2,(H,18,19). The van der Waals surface area contributed by atoms with Crippen LogP contribution in [0.25, 0.3) is 0 Å². The van der Waals surface area contributed by atoms with Gasteiger partial charge in [-0.15, -0.1) is 0 Å². The molecular weight excluding hydrogens is 292 g/mol. The average molecular weight is 311 g/mol. The first-order valence-electron chi connectivity index (χ1n) is 7.08. The molecule has 114 valence electrons.